The summed E-state index contributed by atoms with van der Waals surface area (Å²) in [5, 5.41) is 9.86. The van der Waals surface area contributed by atoms with E-state index in [4.69, 9.17) is 0 Å². The van der Waals surface area contributed by atoms with Gasteiger partial charge in [-0.2, -0.15) is 0 Å². The van der Waals surface area contributed by atoms with Crippen molar-refractivity contribution in [1.82, 2.24) is 4.57 Å². The van der Waals surface area contributed by atoms with E-state index in [-0.39, 0.29) is 0 Å². The molecule has 13 aromatic rings. The molecule has 2 nitrogen and oxygen atoms in total. The Hall–Kier alpha value is -8.98. The molecule has 0 aliphatic carbocycles. The van der Waals surface area contributed by atoms with E-state index < -0.39 is 0 Å². The van der Waals surface area contributed by atoms with Gasteiger partial charge < -0.3 is 9.47 Å². The fraction of sp³-hybridized carbons (Fsp3) is 0. The fourth-order valence-corrected chi connectivity index (χ4v) is 10.6. The lowest BCUT2D eigenvalue weighted by Crippen LogP contribution is -2.11. The highest BCUT2D eigenvalue weighted by atomic mass is 15.1. The van der Waals surface area contributed by atoms with Gasteiger partial charge in [0, 0.05) is 33.2 Å². The molecule has 0 atom stereocenters. The Kier molecular flexibility index (Phi) is 9.54. The van der Waals surface area contributed by atoms with Crippen LogP contribution in [0.3, 0.4) is 0 Å². The Morgan fingerprint density at radius 2 is 0.735 bits per heavy atom. The van der Waals surface area contributed by atoms with Gasteiger partial charge >= 0.3 is 0 Å². The van der Waals surface area contributed by atoms with Crippen LogP contribution in [0, 0.1) is 0 Å². The number of para-hydroxylation sites is 2. The zero-order valence-corrected chi connectivity index (χ0v) is 37.3. The van der Waals surface area contributed by atoms with Crippen molar-refractivity contribution in [3.63, 3.8) is 0 Å². The summed E-state index contributed by atoms with van der Waals surface area (Å²) in [5.74, 6) is 0. The third-order valence-corrected chi connectivity index (χ3v) is 13.7. The Morgan fingerprint density at radius 3 is 1.41 bits per heavy atom. The van der Waals surface area contributed by atoms with Gasteiger partial charge in [0.2, 0.25) is 0 Å². The van der Waals surface area contributed by atoms with Crippen LogP contribution in [0.15, 0.2) is 267 Å². The summed E-state index contributed by atoms with van der Waals surface area (Å²) in [4.78, 5) is 2.44. The summed E-state index contributed by atoms with van der Waals surface area (Å²) in [6, 6.07) is 97.6. The van der Waals surface area contributed by atoms with Gasteiger partial charge in [-0.25, -0.2) is 0 Å². The van der Waals surface area contributed by atoms with Crippen LogP contribution in [0.5, 0.6) is 0 Å². The molecule has 0 spiro atoms. The molecule has 0 aliphatic rings. The minimum Gasteiger partial charge on any atom is -0.310 e. The van der Waals surface area contributed by atoms with Gasteiger partial charge in [-0.05, 0) is 132 Å². The highest BCUT2D eigenvalue weighted by Crippen LogP contribution is 2.45. The summed E-state index contributed by atoms with van der Waals surface area (Å²) in [5.41, 5.74) is 16.3. The highest BCUT2D eigenvalue weighted by Gasteiger charge is 2.20. The van der Waals surface area contributed by atoms with E-state index in [2.05, 4.69) is 276 Å². The number of aromatic nitrogens is 1. The molecule has 0 amide bonds. The summed E-state index contributed by atoms with van der Waals surface area (Å²) in [6.07, 6.45) is 0. The minimum absolute atomic E-state index is 1.08. The third kappa shape index (κ3) is 6.73. The number of rotatable bonds is 8. The molecular formula is C66H44N2. The van der Waals surface area contributed by atoms with E-state index >= 15 is 0 Å². The molecule has 1 heterocycles. The zero-order chi connectivity index (χ0) is 45.0. The molecule has 0 fully saturated rings. The van der Waals surface area contributed by atoms with Gasteiger partial charge in [0.15, 0.2) is 0 Å². The van der Waals surface area contributed by atoms with Crippen molar-refractivity contribution in [2.45, 2.75) is 0 Å². The molecule has 2 heteroatoms. The molecule has 1 aromatic heterocycles. The van der Waals surface area contributed by atoms with Crippen LogP contribution in [-0.4, -0.2) is 4.57 Å². The quantitative estimate of drug-likeness (QED) is 0.148. The number of fused-ring (bicyclic) bond motifs is 6. The SMILES string of the molecule is c1ccc(-c2cc(-c3ccc(N(c4cccc(-c5cccc6ccccc56)c4)c4ccc(-c5cccc6ccccc56)c5ccccc45)cc3)cc(-n3c4ccccc4c4ccccc43)c2)cc1. The van der Waals surface area contributed by atoms with E-state index in [9.17, 15) is 0 Å². The summed E-state index contributed by atoms with van der Waals surface area (Å²) in [6.45, 7) is 0. The first-order chi connectivity index (χ1) is 33.7. The Balaban J connectivity index is 0.992. The average Bonchev–Trinajstić information content (AvgIpc) is 3.75. The maximum absolute atomic E-state index is 2.44. The van der Waals surface area contributed by atoms with Gasteiger partial charge in [0.1, 0.15) is 0 Å². The van der Waals surface area contributed by atoms with Gasteiger partial charge in [0.25, 0.3) is 0 Å². The van der Waals surface area contributed by atoms with E-state index in [1.165, 1.54) is 87.5 Å². The van der Waals surface area contributed by atoms with E-state index in [0.29, 0.717) is 0 Å². The summed E-state index contributed by atoms with van der Waals surface area (Å²) in [7, 11) is 0. The molecule has 12 aromatic carbocycles. The van der Waals surface area contributed by atoms with Crippen LogP contribution >= 0.6 is 0 Å². The second-order valence-electron chi connectivity index (χ2n) is 17.7. The van der Waals surface area contributed by atoms with Gasteiger partial charge in [-0.15, -0.1) is 0 Å². The standard InChI is InChI=1S/C66H44N2/c1-2-17-45(18-3-1)50-41-51(44-54(43-50)68-64-33-12-10-29-62(64)63-30-11-13-34-65(63)68)46-35-37-52(38-36-46)67(53-24-14-23-49(42-53)57-31-15-21-47-19-4-6-25-55(47)57)66-40-39-60(59-27-8-9-28-61(59)66)58-32-16-22-48-20-5-7-26-56(48)58/h1-44H. The largest absolute Gasteiger partial charge is 0.310 e. The number of hydrogen-bond donors (Lipinski definition) is 0. The lowest BCUT2D eigenvalue weighted by Gasteiger charge is -2.28. The van der Waals surface area contributed by atoms with Crippen molar-refractivity contribution in [3.05, 3.63) is 267 Å². The number of anilines is 3. The smallest absolute Gasteiger partial charge is 0.0541 e. The number of nitrogens with zero attached hydrogens (tertiary/aromatic N) is 2. The van der Waals surface area contributed by atoms with Crippen molar-refractivity contribution in [2.75, 3.05) is 4.90 Å². The molecule has 0 unspecified atom stereocenters. The summed E-state index contributed by atoms with van der Waals surface area (Å²) < 4.78 is 2.42. The van der Waals surface area contributed by atoms with Crippen molar-refractivity contribution >= 4 is 71.2 Å². The van der Waals surface area contributed by atoms with E-state index in [0.717, 1.165) is 33.9 Å². The minimum atomic E-state index is 1.08. The zero-order valence-electron chi connectivity index (χ0n) is 37.3. The van der Waals surface area contributed by atoms with Crippen LogP contribution in [0.4, 0.5) is 17.1 Å². The number of benzene rings is 12. The molecule has 0 saturated carbocycles. The van der Waals surface area contributed by atoms with Gasteiger partial charge in [0.05, 0.1) is 16.7 Å². The molecule has 0 radical (unpaired) electrons. The van der Waals surface area contributed by atoms with Crippen LogP contribution < -0.4 is 4.90 Å². The maximum atomic E-state index is 2.44. The predicted octanol–water partition coefficient (Wildman–Crippen LogP) is 18.4. The lowest BCUT2D eigenvalue weighted by atomic mass is 9.92. The molecule has 0 N–H and O–H groups in total. The maximum Gasteiger partial charge on any atom is 0.0541 e. The molecule has 0 aliphatic heterocycles. The Bertz CT molecular complexity index is 3970. The highest BCUT2D eigenvalue weighted by molar-refractivity contribution is 6.11. The molecule has 13 rings (SSSR count). The normalized spacial score (nSPS) is 11.5. The van der Waals surface area contributed by atoms with Crippen molar-refractivity contribution in [3.8, 4) is 50.2 Å². The second kappa shape index (κ2) is 16.5. The summed E-state index contributed by atoms with van der Waals surface area (Å²) >= 11 is 0. The first kappa shape index (κ1) is 39.4. The topological polar surface area (TPSA) is 8.17 Å². The number of hydrogen-bond acceptors (Lipinski definition) is 1. The molecule has 0 saturated heterocycles. The van der Waals surface area contributed by atoms with Gasteiger partial charge in [-0.1, -0.05) is 206 Å². The average molecular weight is 865 g/mol. The predicted molar refractivity (Wildman–Crippen MR) is 290 cm³/mol. The van der Waals surface area contributed by atoms with Crippen LogP contribution in [-0.2, 0) is 0 Å². The van der Waals surface area contributed by atoms with Crippen LogP contribution in [0.1, 0.15) is 0 Å². The molecular weight excluding hydrogens is 821 g/mol. The van der Waals surface area contributed by atoms with Crippen molar-refractivity contribution in [2.24, 2.45) is 0 Å². The monoisotopic (exact) mass is 864 g/mol. The molecule has 318 valence electrons. The first-order valence-electron chi connectivity index (χ1n) is 23.4. The molecule has 68 heavy (non-hydrogen) atoms. The van der Waals surface area contributed by atoms with Crippen LogP contribution in [0.25, 0.3) is 104 Å². The lowest BCUT2D eigenvalue weighted by molar-refractivity contribution is 1.18. The first-order valence-corrected chi connectivity index (χ1v) is 23.4. The second-order valence-corrected chi connectivity index (χ2v) is 17.7. The van der Waals surface area contributed by atoms with E-state index in [1.807, 2.05) is 0 Å². The third-order valence-electron chi connectivity index (χ3n) is 13.7. The Labute approximate surface area is 395 Å². The molecule has 0 bridgehead atoms. The van der Waals surface area contributed by atoms with Crippen LogP contribution in [0.2, 0.25) is 0 Å². The fourth-order valence-electron chi connectivity index (χ4n) is 10.6. The van der Waals surface area contributed by atoms with Gasteiger partial charge in [-0.3, -0.25) is 0 Å². The van der Waals surface area contributed by atoms with Crippen molar-refractivity contribution in [1.29, 1.82) is 0 Å². The van der Waals surface area contributed by atoms with E-state index in [1.54, 1.807) is 0 Å². The Morgan fingerprint density at radius 1 is 0.250 bits per heavy atom. The van der Waals surface area contributed by atoms with Crippen molar-refractivity contribution < 1.29 is 0 Å².